The first-order chi connectivity index (χ1) is 17.4. The molecule has 0 unspecified atom stereocenters. The van der Waals surface area contributed by atoms with Crippen molar-refractivity contribution in [1.82, 2.24) is 9.58 Å². The number of hydrogen-bond acceptors (Lipinski definition) is 4. The largest absolute Gasteiger partial charge is 0.318 e. The van der Waals surface area contributed by atoms with Crippen LogP contribution in [0, 0.1) is 25.1 Å². The highest BCUT2D eigenvalue weighted by Gasteiger charge is 2.36. The van der Waals surface area contributed by atoms with Crippen molar-refractivity contribution in [3.05, 3.63) is 107 Å². The Morgan fingerprint density at radius 3 is 2.50 bits per heavy atom. The molecular weight excluding hydrogens is 473 g/mol. The molecule has 36 heavy (non-hydrogen) atoms. The minimum absolute atomic E-state index is 0.0369. The van der Waals surface area contributed by atoms with Gasteiger partial charge in [-0.3, -0.25) is 10.2 Å². The molecule has 0 saturated carbocycles. The lowest BCUT2D eigenvalue weighted by Gasteiger charge is -2.20. The van der Waals surface area contributed by atoms with Crippen molar-refractivity contribution in [2.24, 2.45) is 10.1 Å². The van der Waals surface area contributed by atoms with Crippen molar-refractivity contribution in [2.75, 3.05) is 0 Å². The molecule has 0 fully saturated rings. The molecule has 0 aliphatic carbocycles. The van der Waals surface area contributed by atoms with Gasteiger partial charge in [-0.05, 0) is 90.5 Å². The van der Waals surface area contributed by atoms with E-state index in [1.807, 2.05) is 32.0 Å². The van der Waals surface area contributed by atoms with Gasteiger partial charge in [0.2, 0.25) is 5.17 Å². The highest BCUT2D eigenvalue weighted by atomic mass is 32.2. The number of hydrazone groups is 1. The lowest BCUT2D eigenvalue weighted by atomic mass is 10.1. The number of rotatable bonds is 3. The minimum Gasteiger partial charge on any atom is -0.318 e. The number of carbonyl (C=O) groups excluding carboxylic acids is 1. The summed E-state index contributed by atoms with van der Waals surface area (Å²) in [5.74, 6) is -0.859. The molecule has 8 heteroatoms. The minimum atomic E-state index is -0.482. The summed E-state index contributed by atoms with van der Waals surface area (Å²) in [6.45, 7) is 4.02. The molecule has 1 N–H and O–H groups in total. The highest BCUT2D eigenvalue weighted by molar-refractivity contribution is 8.27. The van der Waals surface area contributed by atoms with Gasteiger partial charge in [-0.15, -0.1) is 0 Å². The normalized spacial score (nSPS) is 16.5. The Morgan fingerprint density at radius 2 is 1.72 bits per heavy atom. The van der Waals surface area contributed by atoms with Gasteiger partial charge in [0.15, 0.2) is 5.84 Å². The van der Waals surface area contributed by atoms with Crippen LogP contribution in [0.1, 0.15) is 22.5 Å². The van der Waals surface area contributed by atoms with E-state index in [1.165, 1.54) is 34.3 Å². The third-order valence-corrected chi connectivity index (χ3v) is 7.26. The van der Waals surface area contributed by atoms with Crippen LogP contribution in [0.4, 0.5) is 4.39 Å². The number of aromatic nitrogens is 1. The van der Waals surface area contributed by atoms with Crippen molar-refractivity contribution in [3.63, 3.8) is 0 Å². The third kappa shape index (κ3) is 3.67. The van der Waals surface area contributed by atoms with E-state index in [-0.39, 0.29) is 17.2 Å². The van der Waals surface area contributed by atoms with E-state index in [0.717, 1.165) is 28.0 Å². The molecule has 0 bridgehead atoms. The summed E-state index contributed by atoms with van der Waals surface area (Å²) in [5, 5.41) is 17.7. The molecule has 2 aliphatic rings. The van der Waals surface area contributed by atoms with Crippen LogP contribution < -0.4 is 0 Å². The van der Waals surface area contributed by atoms with E-state index < -0.39 is 5.91 Å². The molecule has 3 aromatic carbocycles. The second kappa shape index (κ2) is 8.42. The zero-order valence-corrected chi connectivity index (χ0v) is 20.3. The van der Waals surface area contributed by atoms with Gasteiger partial charge < -0.3 is 4.57 Å². The number of amides is 1. The number of aryl methyl sites for hydroxylation is 1. The monoisotopic (exact) mass is 493 g/mol. The van der Waals surface area contributed by atoms with E-state index in [9.17, 15) is 9.18 Å². The topological polar surface area (TPSA) is 73.8 Å². The van der Waals surface area contributed by atoms with Crippen LogP contribution in [0.3, 0.4) is 0 Å². The molecular formula is C28H20FN5OS. The molecule has 6 nitrogen and oxygen atoms in total. The number of benzene rings is 3. The average Bonchev–Trinajstić information content (AvgIpc) is 3.42. The fourth-order valence-corrected chi connectivity index (χ4v) is 5.40. The van der Waals surface area contributed by atoms with Crippen LogP contribution in [-0.4, -0.2) is 31.5 Å². The van der Waals surface area contributed by atoms with Crippen LogP contribution in [-0.2, 0) is 4.79 Å². The molecule has 0 radical (unpaired) electrons. The van der Waals surface area contributed by atoms with Gasteiger partial charge >= 0.3 is 0 Å². The Morgan fingerprint density at radius 1 is 0.972 bits per heavy atom. The van der Waals surface area contributed by atoms with E-state index in [2.05, 4.69) is 45.0 Å². The fraction of sp³-hybridized carbons (Fsp3) is 0.0714. The molecule has 4 aromatic rings. The molecule has 0 saturated heterocycles. The predicted octanol–water partition coefficient (Wildman–Crippen LogP) is 6.05. The summed E-state index contributed by atoms with van der Waals surface area (Å²) in [6.07, 6.45) is 1.71. The maximum atomic E-state index is 13.3. The first-order valence-electron chi connectivity index (χ1n) is 11.3. The summed E-state index contributed by atoms with van der Waals surface area (Å²) in [4.78, 5) is 17.1. The highest BCUT2D eigenvalue weighted by Crippen LogP contribution is 2.32. The summed E-state index contributed by atoms with van der Waals surface area (Å²) in [7, 11) is 0. The Labute approximate surface area is 211 Å². The Balaban J connectivity index is 1.36. The second-order valence-corrected chi connectivity index (χ2v) is 9.58. The number of aliphatic imine (C=N–C) groups is 1. The Bertz CT molecular complexity index is 1680. The SMILES string of the molecule is Cc1cc(C=C2C(=N)N3N=C(c4ccc(F)cc4)SC3=NC2=O)c(C)n1-c1ccc2ccccc2c1. The van der Waals surface area contributed by atoms with E-state index >= 15 is 0 Å². The number of hydrogen-bond donors (Lipinski definition) is 1. The lowest BCUT2D eigenvalue weighted by Crippen LogP contribution is -2.35. The number of thioether (sulfide) groups is 1. The van der Waals surface area contributed by atoms with Crippen LogP contribution in [0.25, 0.3) is 22.5 Å². The smallest absolute Gasteiger partial charge is 0.283 e. The quantitative estimate of drug-likeness (QED) is 0.353. The average molecular weight is 494 g/mol. The number of carbonyl (C=O) groups is 1. The zero-order chi connectivity index (χ0) is 25.0. The molecule has 0 atom stereocenters. The summed E-state index contributed by atoms with van der Waals surface area (Å²) < 4.78 is 15.5. The van der Waals surface area contributed by atoms with Crippen LogP contribution in [0.5, 0.6) is 0 Å². The third-order valence-electron chi connectivity index (χ3n) is 6.31. The summed E-state index contributed by atoms with van der Waals surface area (Å²) in [6, 6.07) is 22.5. The molecule has 6 rings (SSSR count). The first kappa shape index (κ1) is 22.2. The van der Waals surface area contributed by atoms with Crippen molar-refractivity contribution in [2.45, 2.75) is 13.8 Å². The van der Waals surface area contributed by atoms with Gasteiger partial charge in [-0.1, -0.05) is 30.3 Å². The van der Waals surface area contributed by atoms with Crippen LogP contribution >= 0.6 is 11.8 Å². The maximum Gasteiger partial charge on any atom is 0.283 e. The predicted molar refractivity (Wildman–Crippen MR) is 143 cm³/mol. The summed E-state index contributed by atoms with van der Waals surface area (Å²) >= 11 is 1.19. The number of nitrogens with one attached hydrogen (secondary N) is 1. The Hall–Kier alpha value is -4.30. The van der Waals surface area contributed by atoms with Crippen molar-refractivity contribution < 1.29 is 9.18 Å². The standard InChI is InChI=1S/C28H20FN5OS/c1-16-13-21(17(2)33(16)23-12-9-18-5-3-4-6-20(18)14-23)15-24-25(30)34-28(31-26(24)35)36-27(32-34)19-7-10-22(29)11-8-19/h3-15,30H,1-2H3. The number of fused-ring (bicyclic) bond motifs is 2. The lowest BCUT2D eigenvalue weighted by molar-refractivity contribution is -0.114. The van der Waals surface area contributed by atoms with Gasteiger partial charge in [0, 0.05) is 22.6 Å². The Kier molecular flexibility index (Phi) is 5.19. The maximum absolute atomic E-state index is 13.3. The van der Waals surface area contributed by atoms with Gasteiger partial charge in [0.25, 0.3) is 5.91 Å². The van der Waals surface area contributed by atoms with Gasteiger partial charge in [-0.25, -0.2) is 4.39 Å². The molecule has 1 amide bonds. The number of nitrogens with zero attached hydrogens (tertiary/aromatic N) is 4. The van der Waals surface area contributed by atoms with Crippen molar-refractivity contribution >= 4 is 50.6 Å². The molecule has 3 heterocycles. The first-order valence-corrected chi connectivity index (χ1v) is 12.1. The van der Waals surface area contributed by atoms with Crippen molar-refractivity contribution in [1.29, 1.82) is 5.41 Å². The fourth-order valence-electron chi connectivity index (χ4n) is 4.50. The van der Waals surface area contributed by atoms with Gasteiger partial charge in [0.05, 0.1) is 5.57 Å². The second-order valence-electron chi connectivity index (χ2n) is 8.63. The van der Waals surface area contributed by atoms with E-state index in [1.54, 1.807) is 18.2 Å². The number of halogens is 1. The van der Waals surface area contributed by atoms with E-state index in [0.29, 0.717) is 15.8 Å². The van der Waals surface area contributed by atoms with Gasteiger partial charge in [-0.2, -0.15) is 15.1 Å². The zero-order valence-electron chi connectivity index (χ0n) is 19.5. The molecule has 1 aromatic heterocycles. The molecule has 0 spiro atoms. The summed E-state index contributed by atoms with van der Waals surface area (Å²) in [5.41, 5.74) is 4.70. The number of amidine groups is 2. The van der Waals surface area contributed by atoms with E-state index in [4.69, 9.17) is 5.41 Å². The van der Waals surface area contributed by atoms with Crippen LogP contribution in [0.2, 0.25) is 0 Å². The van der Waals surface area contributed by atoms with Gasteiger partial charge in [0.1, 0.15) is 10.9 Å². The molecule has 2 aliphatic heterocycles. The van der Waals surface area contributed by atoms with Crippen molar-refractivity contribution in [3.8, 4) is 5.69 Å². The van der Waals surface area contributed by atoms with Crippen LogP contribution in [0.15, 0.2) is 88.5 Å². The molecule has 176 valence electrons.